The highest BCUT2D eigenvalue weighted by Gasteiger charge is 2.17. The Morgan fingerprint density at radius 2 is 1.81 bits per heavy atom. The van der Waals surface area contributed by atoms with Crippen LogP contribution in [-0.4, -0.2) is 11.8 Å². The Hall–Kier alpha value is -1.53. The first-order valence-corrected chi connectivity index (χ1v) is 7.11. The standard InChI is InChI=1S/C15H16NO3S.BrH/c1-10-11(2)20-9-16(10)8-15(18)13-4-6-14(7-5-13)19-12(3)17;/h4-7,9H,8H2,1-3H3;1H/q+1;/p-1. The van der Waals surface area contributed by atoms with Gasteiger partial charge in [-0.3, -0.25) is 9.59 Å². The average Bonchev–Trinajstić information content (AvgIpc) is 2.71. The highest BCUT2D eigenvalue weighted by atomic mass is 79.9. The third-order valence-electron chi connectivity index (χ3n) is 3.05. The summed E-state index contributed by atoms with van der Waals surface area (Å²) in [5.74, 6) is 0.110. The van der Waals surface area contributed by atoms with E-state index in [0.29, 0.717) is 17.9 Å². The highest BCUT2D eigenvalue weighted by Crippen LogP contribution is 2.13. The molecule has 0 saturated carbocycles. The zero-order valence-corrected chi connectivity index (χ0v) is 14.5. The molecule has 0 unspecified atom stereocenters. The zero-order chi connectivity index (χ0) is 14.7. The third-order valence-corrected chi connectivity index (χ3v) is 4.06. The van der Waals surface area contributed by atoms with Gasteiger partial charge in [0.1, 0.15) is 5.75 Å². The summed E-state index contributed by atoms with van der Waals surface area (Å²) in [6.07, 6.45) is 0. The molecule has 0 N–H and O–H groups in total. The van der Waals surface area contributed by atoms with Crippen molar-refractivity contribution < 1.29 is 35.9 Å². The summed E-state index contributed by atoms with van der Waals surface area (Å²) < 4.78 is 6.88. The lowest BCUT2D eigenvalue weighted by molar-refractivity contribution is -0.684. The maximum absolute atomic E-state index is 12.2. The number of thiazole rings is 1. The molecule has 21 heavy (non-hydrogen) atoms. The predicted molar refractivity (Wildman–Crippen MR) is 76.1 cm³/mol. The molecule has 0 aliphatic carbocycles. The van der Waals surface area contributed by atoms with Gasteiger partial charge < -0.3 is 21.7 Å². The van der Waals surface area contributed by atoms with Crippen molar-refractivity contribution in [1.29, 1.82) is 0 Å². The van der Waals surface area contributed by atoms with Crippen LogP contribution in [0.2, 0.25) is 0 Å². The van der Waals surface area contributed by atoms with Gasteiger partial charge in [0.15, 0.2) is 5.69 Å². The van der Waals surface area contributed by atoms with Crippen LogP contribution in [0.3, 0.4) is 0 Å². The minimum atomic E-state index is -0.371. The van der Waals surface area contributed by atoms with Gasteiger partial charge in [0.25, 0.3) is 0 Å². The smallest absolute Gasteiger partial charge is 0.308 e. The van der Waals surface area contributed by atoms with Crippen LogP contribution >= 0.6 is 11.3 Å². The maximum atomic E-state index is 12.2. The SMILES string of the molecule is CC(=O)Oc1ccc(C(=O)C[n+]2csc(C)c2C)cc1.[Br-]. The molecule has 0 bridgehead atoms. The molecule has 1 aromatic heterocycles. The van der Waals surface area contributed by atoms with Crippen molar-refractivity contribution in [2.45, 2.75) is 27.3 Å². The number of aromatic nitrogens is 1. The van der Waals surface area contributed by atoms with Gasteiger partial charge in [-0.2, -0.15) is 4.57 Å². The minimum Gasteiger partial charge on any atom is -1.00 e. The molecule has 0 aliphatic heterocycles. The van der Waals surface area contributed by atoms with E-state index in [1.165, 1.54) is 11.8 Å². The number of carbonyl (C=O) groups excluding carboxylic acids is 2. The van der Waals surface area contributed by atoms with Crippen molar-refractivity contribution >= 4 is 23.1 Å². The molecule has 1 heterocycles. The number of aryl methyl sites for hydroxylation is 1. The number of carbonyl (C=O) groups is 2. The fourth-order valence-corrected chi connectivity index (χ4v) is 2.59. The van der Waals surface area contributed by atoms with E-state index in [0.717, 1.165) is 5.69 Å². The summed E-state index contributed by atoms with van der Waals surface area (Å²) in [6, 6.07) is 6.61. The van der Waals surface area contributed by atoms with Crippen LogP contribution in [0.5, 0.6) is 5.75 Å². The zero-order valence-electron chi connectivity index (χ0n) is 12.1. The molecule has 0 atom stereocenters. The van der Waals surface area contributed by atoms with E-state index in [4.69, 9.17) is 4.74 Å². The third kappa shape index (κ3) is 4.47. The first kappa shape index (κ1) is 17.5. The van der Waals surface area contributed by atoms with Crippen LogP contribution in [0.25, 0.3) is 0 Å². The second kappa shape index (κ2) is 7.47. The van der Waals surface area contributed by atoms with Crippen LogP contribution in [0.4, 0.5) is 0 Å². The van der Waals surface area contributed by atoms with E-state index >= 15 is 0 Å². The summed E-state index contributed by atoms with van der Waals surface area (Å²) >= 11 is 1.63. The Labute approximate surface area is 138 Å². The van der Waals surface area contributed by atoms with Crippen molar-refractivity contribution in [3.63, 3.8) is 0 Å². The van der Waals surface area contributed by atoms with E-state index in [2.05, 4.69) is 0 Å². The van der Waals surface area contributed by atoms with Crippen molar-refractivity contribution in [1.82, 2.24) is 0 Å². The van der Waals surface area contributed by atoms with E-state index in [1.54, 1.807) is 35.6 Å². The Balaban J connectivity index is 0.00000220. The number of hydrogen-bond acceptors (Lipinski definition) is 4. The van der Waals surface area contributed by atoms with Gasteiger partial charge in [-0.05, 0) is 31.2 Å². The molecule has 0 spiro atoms. The molecule has 0 amide bonds. The molecule has 112 valence electrons. The lowest BCUT2D eigenvalue weighted by atomic mass is 10.1. The molecule has 0 radical (unpaired) electrons. The van der Waals surface area contributed by atoms with Gasteiger partial charge in [0.05, 0.1) is 4.88 Å². The number of halogens is 1. The van der Waals surface area contributed by atoms with Gasteiger partial charge in [-0.25, -0.2) is 0 Å². The normalized spacial score (nSPS) is 9.86. The first-order chi connectivity index (χ1) is 9.47. The van der Waals surface area contributed by atoms with Crippen molar-refractivity contribution in [2.75, 3.05) is 0 Å². The number of hydrogen-bond donors (Lipinski definition) is 0. The predicted octanol–water partition coefficient (Wildman–Crippen LogP) is -0.535. The number of nitrogens with zero attached hydrogens (tertiary/aromatic N) is 1. The number of esters is 1. The van der Waals surface area contributed by atoms with E-state index in [-0.39, 0.29) is 28.7 Å². The number of ketones is 1. The number of ether oxygens (including phenoxy) is 1. The molecule has 1 aromatic carbocycles. The van der Waals surface area contributed by atoms with Gasteiger partial charge in [-0.1, -0.05) is 11.3 Å². The highest BCUT2D eigenvalue weighted by molar-refractivity contribution is 7.09. The van der Waals surface area contributed by atoms with E-state index in [9.17, 15) is 9.59 Å². The summed E-state index contributed by atoms with van der Waals surface area (Å²) in [5.41, 5.74) is 3.67. The van der Waals surface area contributed by atoms with Crippen LogP contribution in [0, 0.1) is 13.8 Å². The molecular formula is C15H16BrNO3S. The van der Waals surface area contributed by atoms with E-state index < -0.39 is 0 Å². The molecule has 6 heteroatoms. The Kier molecular flexibility index (Phi) is 6.23. The van der Waals surface area contributed by atoms with Crippen molar-refractivity contribution in [3.05, 3.63) is 45.9 Å². The molecule has 0 aliphatic rings. The second-order valence-electron chi connectivity index (χ2n) is 4.53. The molecule has 0 saturated heterocycles. The molecule has 0 fully saturated rings. The Morgan fingerprint density at radius 3 is 2.29 bits per heavy atom. The second-order valence-corrected chi connectivity index (χ2v) is 5.59. The number of Topliss-reactive ketones (excluding diaryl/α,β-unsaturated/α-hetero) is 1. The van der Waals surface area contributed by atoms with Gasteiger partial charge in [0.2, 0.25) is 17.8 Å². The van der Waals surface area contributed by atoms with Gasteiger partial charge in [-0.15, -0.1) is 0 Å². The monoisotopic (exact) mass is 369 g/mol. The fraction of sp³-hybridized carbons (Fsp3) is 0.267. The van der Waals surface area contributed by atoms with Crippen LogP contribution in [0.15, 0.2) is 29.8 Å². The first-order valence-electron chi connectivity index (χ1n) is 6.23. The summed E-state index contributed by atoms with van der Waals surface area (Å²) in [6.45, 7) is 5.71. The summed E-state index contributed by atoms with van der Waals surface area (Å²) in [4.78, 5) is 24.2. The van der Waals surface area contributed by atoms with Gasteiger partial charge >= 0.3 is 5.97 Å². The number of benzene rings is 1. The van der Waals surface area contributed by atoms with Gasteiger partial charge in [0, 0.05) is 19.4 Å². The molecular weight excluding hydrogens is 354 g/mol. The summed E-state index contributed by atoms with van der Waals surface area (Å²) in [5, 5.41) is 0. The molecule has 4 nitrogen and oxygen atoms in total. The molecule has 2 aromatic rings. The van der Waals surface area contributed by atoms with Crippen LogP contribution in [0.1, 0.15) is 27.9 Å². The lowest BCUT2D eigenvalue weighted by Gasteiger charge is -2.02. The number of rotatable bonds is 4. The van der Waals surface area contributed by atoms with Crippen LogP contribution in [-0.2, 0) is 11.3 Å². The van der Waals surface area contributed by atoms with Crippen molar-refractivity contribution in [2.24, 2.45) is 0 Å². The summed E-state index contributed by atoms with van der Waals surface area (Å²) in [7, 11) is 0. The average molecular weight is 370 g/mol. The quantitative estimate of drug-likeness (QED) is 0.315. The fourth-order valence-electron chi connectivity index (χ4n) is 1.79. The maximum Gasteiger partial charge on any atom is 0.308 e. The van der Waals surface area contributed by atoms with Crippen LogP contribution < -0.4 is 26.3 Å². The topological polar surface area (TPSA) is 47.3 Å². The lowest BCUT2D eigenvalue weighted by Crippen LogP contribution is -3.00. The van der Waals surface area contributed by atoms with E-state index in [1.807, 2.05) is 23.9 Å². The van der Waals surface area contributed by atoms with Crippen molar-refractivity contribution in [3.8, 4) is 5.75 Å². The minimum absolute atomic E-state index is 0. The Bertz CT molecular complexity index is 649. The largest absolute Gasteiger partial charge is 1.00 e. The molecule has 2 rings (SSSR count). The Morgan fingerprint density at radius 1 is 1.19 bits per heavy atom.